The lowest BCUT2D eigenvalue weighted by atomic mass is 10.1. The van der Waals surface area contributed by atoms with Crippen LogP contribution in [0.2, 0.25) is 5.02 Å². The Hall–Kier alpha value is -0.830. The molecule has 2 aromatic rings. The molecule has 19 heavy (non-hydrogen) atoms. The van der Waals surface area contributed by atoms with E-state index in [1.165, 1.54) is 11.1 Å². The van der Waals surface area contributed by atoms with E-state index in [9.17, 15) is 0 Å². The average Bonchev–Trinajstić information content (AvgIpc) is 2.43. The van der Waals surface area contributed by atoms with Crippen molar-refractivity contribution in [3.63, 3.8) is 0 Å². The maximum Gasteiger partial charge on any atom is 0.0410 e. The van der Waals surface area contributed by atoms with Crippen molar-refractivity contribution in [2.75, 3.05) is 6.54 Å². The van der Waals surface area contributed by atoms with Gasteiger partial charge in [0.25, 0.3) is 0 Å². The van der Waals surface area contributed by atoms with E-state index in [0.717, 1.165) is 35.4 Å². The Morgan fingerprint density at radius 3 is 2.63 bits per heavy atom. The molecule has 0 atom stereocenters. The van der Waals surface area contributed by atoms with Crippen LogP contribution in [-0.4, -0.2) is 6.54 Å². The minimum Gasteiger partial charge on any atom is -0.313 e. The van der Waals surface area contributed by atoms with Crippen molar-refractivity contribution in [3.05, 3.63) is 69.2 Å². The molecule has 0 aromatic heterocycles. The van der Waals surface area contributed by atoms with E-state index in [0.29, 0.717) is 0 Å². The topological polar surface area (TPSA) is 12.0 Å². The van der Waals surface area contributed by atoms with Crippen LogP contribution in [0.5, 0.6) is 0 Å². The lowest BCUT2D eigenvalue weighted by Gasteiger charge is -2.07. The van der Waals surface area contributed by atoms with Gasteiger partial charge in [-0.2, -0.15) is 0 Å². The molecular formula is C16H17BrClN. The van der Waals surface area contributed by atoms with Gasteiger partial charge in [-0.15, -0.1) is 0 Å². The third kappa shape index (κ3) is 4.98. The van der Waals surface area contributed by atoms with E-state index in [1.54, 1.807) is 0 Å². The van der Waals surface area contributed by atoms with Crippen LogP contribution in [-0.2, 0) is 13.0 Å². The number of rotatable bonds is 6. The molecule has 1 nitrogen and oxygen atoms in total. The van der Waals surface area contributed by atoms with E-state index < -0.39 is 0 Å². The molecule has 3 heteroatoms. The van der Waals surface area contributed by atoms with Crippen LogP contribution in [0.15, 0.2) is 53.0 Å². The van der Waals surface area contributed by atoms with Crippen LogP contribution < -0.4 is 5.32 Å². The van der Waals surface area contributed by atoms with Crippen molar-refractivity contribution >= 4 is 27.5 Å². The molecule has 0 aliphatic carbocycles. The van der Waals surface area contributed by atoms with Gasteiger partial charge in [0.15, 0.2) is 0 Å². The number of hydrogen-bond acceptors (Lipinski definition) is 1. The van der Waals surface area contributed by atoms with Gasteiger partial charge in [0, 0.05) is 16.0 Å². The summed E-state index contributed by atoms with van der Waals surface area (Å²) in [4.78, 5) is 0. The predicted octanol–water partition coefficient (Wildman–Crippen LogP) is 4.82. The first-order chi connectivity index (χ1) is 9.25. The summed E-state index contributed by atoms with van der Waals surface area (Å²) >= 11 is 9.53. The van der Waals surface area contributed by atoms with Crippen molar-refractivity contribution < 1.29 is 0 Å². The predicted molar refractivity (Wildman–Crippen MR) is 85.6 cm³/mol. The highest BCUT2D eigenvalue weighted by Crippen LogP contribution is 2.20. The third-order valence-corrected chi connectivity index (χ3v) is 3.99. The van der Waals surface area contributed by atoms with Gasteiger partial charge < -0.3 is 5.32 Å². The molecule has 0 fully saturated rings. The van der Waals surface area contributed by atoms with Crippen LogP contribution in [0.1, 0.15) is 17.5 Å². The molecule has 0 radical (unpaired) electrons. The minimum absolute atomic E-state index is 0.782. The first-order valence-corrected chi connectivity index (χ1v) is 7.61. The molecular weight excluding hydrogens is 322 g/mol. The molecule has 0 amide bonds. The first kappa shape index (κ1) is 14.6. The Balaban J connectivity index is 1.71. The Morgan fingerprint density at radius 2 is 1.84 bits per heavy atom. The standard InChI is InChI=1S/C16H17BrClN/c17-16-9-8-15(18)11-14(16)12-19-10-4-7-13-5-2-1-3-6-13/h1-3,5-6,8-9,11,19H,4,7,10,12H2. The van der Waals surface area contributed by atoms with E-state index >= 15 is 0 Å². The highest BCUT2D eigenvalue weighted by Gasteiger charge is 2.00. The highest BCUT2D eigenvalue weighted by molar-refractivity contribution is 9.10. The van der Waals surface area contributed by atoms with Crippen LogP contribution >= 0.6 is 27.5 Å². The Kier molecular flexibility index (Phi) is 5.90. The molecule has 0 saturated heterocycles. The second-order valence-corrected chi connectivity index (χ2v) is 5.79. The van der Waals surface area contributed by atoms with E-state index in [-0.39, 0.29) is 0 Å². The van der Waals surface area contributed by atoms with Gasteiger partial charge in [-0.25, -0.2) is 0 Å². The van der Waals surface area contributed by atoms with E-state index in [1.807, 2.05) is 18.2 Å². The van der Waals surface area contributed by atoms with E-state index in [4.69, 9.17) is 11.6 Å². The zero-order valence-corrected chi connectivity index (χ0v) is 13.0. The minimum atomic E-state index is 0.782. The normalized spacial score (nSPS) is 10.6. The summed E-state index contributed by atoms with van der Waals surface area (Å²) in [6.07, 6.45) is 2.26. The Bertz CT molecular complexity index is 513. The smallest absolute Gasteiger partial charge is 0.0410 e. The molecule has 1 N–H and O–H groups in total. The van der Waals surface area contributed by atoms with Crippen molar-refractivity contribution in [3.8, 4) is 0 Å². The average molecular weight is 339 g/mol. The quantitative estimate of drug-likeness (QED) is 0.744. The summed E-state index contributed by atoms with van der Waals surface area (Å²) in [5.74, 6) is 0. The van der Waals surface area contributed by atoms with Gasteiger partial charge in [-0.05, 0) is 48.7 Å². The largest absolute Gasteiger partial charge is 0.313 e. The third-order valence-electron chi connectivity index (χ3n) is 2.99. The molecule has 0 aliphatic rings. The molecule has 2 aromatic carbocycles. The van der Waals surface area contributed by atoms with E-state index in [2.05, 4.69) is 51.6 Å². The van der Waals surface area contributed by atoms with Gasteiger partial charge in [0.2, 0.25) is 0 Å². The van der Waals surface area contributed by atoms with Crippen molar-refractivity contribution in [1.29, 1.82) is 0 Å². The van der Waals surface area contributed by atoms with Crippen molar-refractivity contribution in [2.45, 2.75) is 19.4 Å². The first-order valence-electron chi connectivity index (χ1n) is 6.44. The molecule has 0 heterocycles. The molecule has 100 valence electrons. The number of nitrogens with one attached hydrogen (secondary N) is 1. The van der Waals surface area contributed by atoms with Crippen molar-refractivity contribution in [1.82, 2.24) is 5.32 Å². The van der Waals surface area contributed by atoms with Gasteiger partial charge in [-0.3, -0.25) is 0 Å². The Labute approximate surface area is 128 Å². The number of aryl methyl sites for hydroxylation is 1. The monoisotopic (exact) mass is 337 g/mol. The summed E-state index contributed by atoms with van der Waals surface area (Å²) in [7, 11) is 0. The molecule has 0 spiro atoms. The molecule has 0 unspecified atom stereocenters. The fraction of sp³-hybridized carbons (Fsp3) is 0.250. The lowest BCUT2D eigenvalue weighted by molar-refractivity contribution is 0.648. The molecule has 0 aliphatic heterocycles. The zero-order valence-electron chi connectivity index (χ0n) is 10.7. The molecule has 2 rings (SSSR count). The lowest BCUT2D eigenvalue weighted by Crippen LogP contribution is -2.15. The molecule has 0 bridgehead atoms. The van der Waals surface area contributed by atoms with Gasteiger partial charge in [-0.1, -0.05) is 57.9 Å². The Morgan fingerprint density at radius 1 is 1.05 bits per heavy atom. The molecule has 0 saturated carbocycles. The maximum absolute atomic E-state index is 5.99. The van der Waals surface area contributed by atoms with Gasteiger partial charge >= 0.3 is 0 Å². The van der Waals surface area contributed by atoms with Crippen LogP contribution in [0.3, 0.4) is 0 Å². The second kappa shape index (κ2) is 7.68. The number of benzene rings is 2. The maximum atomic E-state index is 5.99. The van der Waals surface area contributed by atoms with Crippen LogP contribution in [0, 0.1) is 0 Å². The van der Waals surface area contributed by atoms with Gasteiger partial charge in [0.05, 0.1) is 0 Å². The summed E-state index contributed by atoms with van der Waals surface area (Å²) in [5.41, 5.74) is 2.60. The summed E-state index contributed by atoms with van der Waals surface area (Å²) < 4.78 is 1.10. The number of halogens is 2. The van der Waals surface area contributed by atoms with Crippen LogP contribution in [0.25, 0.3) is 0 Å². The van der Waals surface area contributed by atoms with Crippen molar-refractivity contribution in [2.24, 2.45) is 0 Å². The summed E-state index contributed by atoms with van der Waals surface area (Å²) in [6, 6.07) is 16.5. The zero-order chi connectivity index (χ0) is 13.5. The SMILES string of the molecule is Clc1ccc(Br)c(CNCCCc2ccccc2)c1. The summed E-state index contributed by atoms with van der Waals surface area (Å²) in [5, 5.41) is 4.23. The van der Waals surface area contributed by atoms with Crippen LogP contribution in [0.4, 0.5) is 0 Å². The highest BCUT2D eigenvalue weighted by atomic mass is 79.9. The number of hydrogen-bond donors (Lipinski definition) is 1. The fourth-order valence-corrected chi connectivity index (χ4v) is 2.55. The summed E-state index contributed by atoms with van der Waals surface area (Å²) in [6.45, 7) is 1.85. The second-order valence-electron chi connectivity index (χ2n) is 4.50. The fourth-order valence-electron chi connectivity index (χ4n) is 1.96. The van der Waals surface area contributed by atoms with Gasteiger partial charge in [0.1, 0.15) is 0 Å².